The Balaban J connectivity index is 2.15. The number of nitro groups is 1. The van der Waals surface area contributed by atoms with Crippen LogP contribution < -0.4 is 11.1 Å². The van der Waals surface area contributed by atoms with E-state index in [-0.39, 0.29) is 34.9 Å². The monoisotopic (exact) mass is 279 g/mol. The highest BCUT2D eigenvalue weighted by Gasteiger charge is 2.32. The molecular weight excluding hydrogens is 262 g/mol. The largest absolute Gasteiger partial charge is 0.506 e. The molecular formula is C13H17N3O4. The van der Waals surface area contributed by atoms with Crippen molar-refractivity contribution in [3.8, 4) is 5.75 Å². The van der Waals surface area contributed by atoms with E-state index in [0.29, 0.717) is 6.54 Å². The van der Waals surface area contributed by atoms with Crippen LogP contribution in [0.15, 0.2) is 18.2 Å². The van der Waals surface area contributed by atoms with Gasteiger partial charge in [0.2, 0.25) is 5.91 Å². The summed E-state index contributed by atoms with van der Waals surface area (Å²) in [5.74, 6) is -0.491. The number of hydrogen-bond donors (Lipinski definition) is 3. The number of hydrogen-bond acceptors (Lipinski definition) is 5. The standard InChI is InChI=1S/C13H17N3O4/c14-7-8-2-1-3-10(8)13(18)15-11-6-9(16(19)20)4-5-12(11)17/h4-6,8,10,17H,1-3,7,14H2,(H,15,18). The first-order valence-corrected chi connectivity index (χ1v) is 6.51. The molecule has 0 aromatic heterocycles. The summed E-state index contributed by atoms with van der Waals surface area (Å²) in [7, 11) is 0. The number of nitrogens with two attached hydrogens (primary N) is 1. The fraction of sp³-hybridized carbons (Fsp3) is 0.462. The van der Waals surface area contributed by atoms with Crippen LogP contribution in [0.2, 0.25) is 0 Å². The first kappa shape index (κ1) is 14.3. The predicted molar refractivity (Wildman–Crippen MR) is 73.3 cm³/mol. The van der Waals surface area contributed by atoms with E-state index in [1.807, 2.05) is 0 Å². The Morgan fingerprint density at radius 3 is 2.90 bits per heavy atom. The summed E-state index contributed by atoms with van der Waals surface area (Å²) >= 11 is 0. The zero-order chi connectivity index (χ0) is 14.7. The lowest BCUT2D eigenvalue weighted by molar-refractivity contribution is -0.384. The summed E-state index contributed by atoms with van der Waals surface area (Å²) in [6, 6.07) is 3.53. The van der Waals surface area contributed by atoms with Gasteiger partial charge >= 0.3 is 0 Å². The van der Waals surface area contributed by atoms with Gasteiger partial charge in [-0.1, -0.05) is 6.42 Å². The minimum absolute atomic E-state index is 0.0619. The van der Waals surface area contributed by atoms with Gasteiger partial charge in [-0.05, 0) is 31.4 Å². The van der Waals surface area contributed by atoms with Crippen LogP contribution >= 0.6 is 0 Å². The maximum Gasteiger partial charge on any atom is 0.271 e. The van der Waals surface area contributed by atoms with Gasteiger partial charge in [-0.25, -0.2) is 0 Å². The summed E-state index contributed by atoms with van der Waals surface area (Å²) in [6.45, 7) is 0.443. The van der Waals surface area contributed by atoms with E-state index in [1.165, 1.54) is 12.1 Å². The third kappa shape index (κ3) is 2.88. The van der Waals surface area contributed by atoms with E-state index in [9.17, 15) is 20.0 Å². The van der Waals surface area contributed by atoms with Gasteiger partial charge in [-0.2, -0.15) is 0 Å². The van der Waals surface area contributed by atoms with Crippen LogP contribution in [0.25, 0.3) is 0 Å². The molecule has 2 unspecified atom stereocenters. The van der Waals surface area contributed by atoms with Crippen LogP contribution in [0, 0.1) is 22.0 Å². The molecule has 1 aromatic carbocycles. The van der Waals surface area contributed by atoms with E-state index in [1.54, 1.807) is 0 Å². The molecule has 1 aliphatic carbocycles. The van der Waals surface area contributed by atoms with Crippen molar-refractivity contribution in [2.75, 3.05) is 11.9 Å². The first-order valence-electron chi connectivity index (χ1n) is 6.51. The normalized spacial score (nSPS) is 21.6. The van der Waals surface area contributed by atoms with Crippen molar-refractivity contribution in [1.82, 2.24) is 0 Å². The molecule has 4 N–H and O–H groups in total. The molecule has 2 rings (SSSR count). The van der Waals surface area contributed by atoms with Crippen molar-refractivity contribution in [3.05, 3.63) is 28.3 Å². The van der Waals surface area contributed by atoms with Crippen LogP contribution in [0.1, 0.15) is 19.3 Å². The molecule has 0 bridgehead atoms. The van der Waals surface area contributed by atoms with Gasteiger partial charge in [0, 0.05) is 18.1 Å². The van der Waals surface area contributed by atoms with E-state index < -0.39 is 4.92 Å². The lowest BCUT2D eigenvalue weighted by Gasteiger charge is -2.17. The highest BCUT2D eigenvalue weighted by molar-refractivity contribution is 5.94. The number of nitrogens with zero attached hydrogens (tertiary/aromatic N) is 1. The van der Waals surface area contributed by atoms with Gasteiger partial charge in [0.1, 0.15) is 5.75 Å². The maximum atomic E-state index is 12.2. The van der Waals surface area contributed by atoms with Gasteiger partial charge in [0.25, 0.3) is 5.69 Å². The lowest BCUT2D eigenvalue weighted by atomic mass is 9.95. The second kappa shape index (κ2) is 5.87. The van der Waals surface area contributed by atoms with E-state index >= 15 is 0 Å². The van der Waals surface area contributed by atoms with E-state index in [4.69, 9.17) is 5.73 Å². The summed E-state index contributed by atoms with van der Waals surface area (Å²) in [4.78, 5) is 22.3. The number of benzene rings is 1. The molecule has 1 saturated carbocycles. The molecule has 1 aromatic rings. The van der Waals surface area contributed by atoms with E-state index in [2.05, 4.69) is 5.32 Å². The van der Waals surface area contributed by atoms with Crippen molar-refractivity contribution in [3.63, 3.8) is 0 Å². The number of rotatable bonds is 4. The van der Waals surface area contributed by atoms with Crippen LogP contribution in [0.3, 0.4) is 0 Å². The second-order valence-corrected chi connectivity index (χ2v) is 4.98. The maximum absolute atomic E-state index is 12.2. The van der Waals surface area contributed by atoms with Crippen LogP contribution in [0.5, 0.6) is 5.75 Å². The topological polar surface area (TPSA) is 118 Å². The Bertz CT molecular complexity index is 532. The molecule has 0 saturated heterocycles. The molecule has 7 heteroatoms. The highest BCUT2D eigenvalue weighted by Crippen LogP contribution is 2.34. The Hall–Kier alpha value is -2.15. The fourth-order valence-electron chi connectivity index (χ4n) is 2.63. The molecule has 0 aliphatic heterocycles. The summed E-state index contributed by atoms with van der Waals surface area (Å²) in [6.07, 6.45) is 2.61. The molecule has 2 atom stereocenters. The Kier molecular flexibility index (Phi) is 4.19. The minimum atomic E-state index is -0.576. The lowest BCUT2D eigenvalue weighted by Crippen LogP contribution is -2.29. The molecule has 0 heterocycles. The Labute approximate surface area is 115 Å². The molecule has 0 radical (unpaired) electrons. The molecule has 7 nitrogen and oxygen atoms in total. The number of amides is 1. The van der Waals surface area contributed by atoms with E-state index in [0.717, 1.165) is 25.3 Å². The SMILES string of the molecule is NCC1CCCC1C(=O)Nc1cc([N+](=O)[O-])ccc1O. The zero-order valence-corrected chi connectivity index (χ0v) is 10.9. The van der Waals surface area contributed by atoms with Crippen molar-refractivity contribution >= 4 is 17.3 Å². The minimum Gasteiger partial charge on any atom is -0.506 e. The molecule has 108 valence electrons. The van der Waals surface area contributed by atoms with Gasteiger partial charge in [-0.15, -0.1) is 0 Å². The van der Waals surface area contributed by atoms with Crippen LogP contribution in [-0.4, -0.2) is 22.5 Å². The fourth-order valence-corrected chi connectivity index (χ4v) is 2.63. The Morgan fingerprint density at radius 1 is 1.50 bits per heavy atom. The summed E-state index contributed by atoms with van der Waals surface area (Å²) in [5.41, 5.74) is 5.51. The highest BCUT2D eigenvalue weighted by atomic mass is 16.6. The van der Waals surface area contributed by atoms with Crippen LogP contribution in [-0.2, 0) is 4.79 Å². The van der Waals surface area contributed by atoms with Crippen molar-refractivity contribution in [1.29, 1.82) is 0 Å². The molecule has 1 aliphatic rings. The van der Waals surface area contributed by atoms with Gasteiger partial charge in [0.15, 0.2) is 0 Å². The summed E-state index contributed by atoms with van der Waals surface area (Å²) in [5, 5.41) is 22.9. The number of anilines is 1. The molecule has 0 spiro atoms. The average molecular weight is 279 g/mol. The average Bonchev–Trinajstić information content (AvgIpc) is 2.89. The molecule has 20 heavy (non-hydrogen) atoms. The third-order valence-corrected chi connectivity index (χ3v) is 3.75. The number of nitrogens with one attached hydrogen (secondary N) is 1. The summed E-state index contributed by atoms with van der Waals surface area (Å²) < 4.78 is 0. The van der Waals surface area contributed by atoms with Crippen molar-refractivity contribution < 1.29 is 14.8 Å². The molecule has 1 amide bonds. The smallest absolute Gasteiger partial charge is 0.271 e. The number of phenolic OH excluding ortho intramolecular Hbond substituents is 1. The number of carbonyl (C=O) groups excluding carboxylic acids is 1. The third-order valence-electron chi connectivity index (χ3n) is 3.75. The molecule has 1 fully saturated rings. The predicted octanol–water partition coefficient (Wildman–Crippen LogP) is 1.61. The number of nitro benzene ring substituents is 1. The van der Waals surface area contributed by atoms with Crippen LogP contribution in [0.4, 0.5) is 11.4 Å². The first-order chi connectivity index (χ1) is 9.52. The number of phenols is 1. The zero-order valence-electron chi connectivity index (χ0n) is 10.9. The quantitative estimate of drug-likeness (QED) is 0.439. The van der Waals surface area contributed by atoms with Crippen molar-refractivity contribution in [2.24, 2.45) is 17.6 Å². The Morgan fingerprint density at radius 2 is 2.25 bits per heavy atom. The van der Waals surface area contributed by atoms with Gasteiger partial charge < -0.3 is 16.2 Å². The number of aromatic hydroxyl groups is 1. The number of carbonyl (C=O) groups is 1. The van der Waals surface area contributed by atoms with Gasteiger partial charge in [0.05, 0.1) is 10.6 Å². The number of non-ortho nitro benzene ring substituents is 1. The second-order valence-electron chi connectivity index (χ2n) is 4.98. The van der Waals surface area contributed by atoms with Gasteiger partial charge in [-0.3, -0.25) is 14.9 Å². The van der Waals surface area contributed by atoms with Crippen molar-refractivity contribution in [2.45, 2.75) is 19.3 Å².